The first-order valence-electron chi connectivity index (χ1n) is 3.20. The van der Waals surface area contributed by atoms with E-state index in [2.05, 4.69) is 33.6 Å². The number of hydrogen-bond acceptors (Lipinski definition) is 2. The van der Waals surface area contributed by atoms with E-state index in [1.807, 2.05) is 19.1 Å². The summed E-state index contributed by atoms with van der Waals surface area (Å²) >= 11 is 2.21. The van der Waals surface area contributed by atoms with Crippen LogP contribution in [0.2, 0.25) is 0 Å². The lowest BCUT2D eigenvalue weighted by molar-refractivity contribution is 1.10. The minimum Gasteiger partial charge on any atom is -0.256 e. The average molecular weight is 258 g/mol. The molecule has 0 atom stereocenters. The van der Waals surface area contributed by atoms with E-state index in [0.717, 1.165) is 15.8 Å². The summed E-state index contributed by atoms with van der Waals surface area (Å²) in [6.45, 7) is 1.93. The van der Waals surface area contributed by atoms with Crippen LogP contribution >= 0.6 is 22.6 Å². The molecule has 1 aromatic heterocycles. The second kappa shape index (κ2) is 3.67. The Morgan fingerprint density at radius 2 is 2.36 bits per heavy atom. The highest BCUT2D eigenvalue weighted by Crippen LogP contribution is 2.09. The van der Waals surface area contributed by atoms with Crippen molar-refractivity contribution < 1.29 is 0 Å². The molecule has 0 bridgehead atoms. The van der Waals surface area contributed by atoms with E-state index in [4.69, 9.17) is 5.26 Å². The van der Waals surface area contributed by atoms with Gasteiger partial charge in [-0.05, 0) is 19.1 Å². The van der Waals surface area contributed by atoms with Gasteiger partial charge in [0.2, 0.25) is 0 Å². The van der Waals surface area contributed by atoms with Gasteiger partial charge in [0.15, 0.2) is 0 Å². The van der Waals surface area contributed by atoms with Gasteiger partial charge < -0.3 is 0 Å². The van der Waals surface area contributed by atoms with E-state index < -0.39 is 0 Å². The molecule has 0 fully saturated rings. The predicted octanol–water partition coefficient (Wildman–Crippen LogP) is 2.20. The van der Waals surface area contributed by atoms with Gasteiger partial charge in [0, 0.05) is 10.1 Å². The molecule has 0 saturated heterocycles. The molecule has 1 aromatic rings. The zero-order chi connectivity index (χ0) is 8.27. The molecule has 0 aliphatic carbocycles. The van der Waals surface area contributed by atoms with Gasteiger partial charge in [-0.1, -0.05) is 22.6 Å². The summed E-state index contributed by atoms with van der Waals surface area (Å²) in [6.07, 6.45) is 0. The lowest BCUT2D eigenvalue weighted by Gasteiger charge is -1.98. The van der Waals surface area contributed by atoms with E-state index in [1.165, 1.54) is 0 Å². The van der Waals surface area contributed by atoms with E-state index in [1.54, 1.807) is 0 Å². The largest absolute Gasteiger partial charge is 0.256 e. The predicted molar refractivity (Wildman–Crippen MR) is 51.4 cm³/mol. The standard InChI is InChI=1S/C8H7IN2/c1-6-2-3-7(5-10)8(4-9)11-6/h2-3H,4H2,1H3. The smallest absolute Gasteiger partial charge is 0.101 e. The maximum absolute atomic E-state index is 8.65. The van der Waals surface area contributed by atoms with Crippen molar-refractivity contribution in [2.75, 3.05) is 0 Å². The van der Waals surface area contributed by atoms with Crippen LogP contribution < -0.4 is 0 Å². The average Bonchev–Trinajstić information content (AvgIpc) is 2.04. The molecular weight excluding hydrogens is 251 g/mol. The fourth-order valence-corrected chi connectivity index (χ4v) is 1.40. The van der Waals surface area contributed by atoms with Crippen LogP contribution in [0.25, 0.3) is 0 Å². The first kappa shape index (κ1) is 8.47. The van der Waals surface area contributed by atoms with Crippen molar-refractivity contribution in [1.82, 2.24) is 4.98 Å². The third-order valence-electron chi connectivity index (χ3n) is 1.36. The second-order valence-corrected chi connectivity index (χ2v) is 2.96. The Balaban J connectivity index is 3.19. The van der Waals surface area contributed by atoms with Crippen molar-refractivity contribution in [1.29, 1.82) is 5.26 Å². The number of hydrogen-bond donors (Lipinski definition) is 0. The number of nitrogens with zero attached hydrogens (tertiary/aromatic N) is 2. The molecule has 0 N–H and O–H groups in total. The molecule has 56 valence electrons. The molecule has 0 unspecified atom stereocenters. The highest BCUT2D eigenvalue weighted by atomic mass is 127. The van der Waals surface area contributed by atoms with Crippen LogP contribution in [-0.4, -0.2) is 4.98 Å². The maximum Gasteiger partial charge on any atom is 0.101 e. The van der Waals surface area contributed by atoms with Crippen LogP contribution in [0.3, 0.4) is 0 Å². The molecule has 0 radical (unpaired) electrons. The highest BCUT2D eigenvalue weighted by molar-refractivity contribution is 14.1. The number of rotatable bonds is 1. The Labute approximate surface area is 79.4 Å². The first-order chi connectivity index (χ1) is 5.27. The van der Waals surface area contributed by atoms with Gasteiger partial charge in [0.25, 0.3) is 0 Å². The number of halogens is 1. The quantitative estimate of drug-likeness (QED) is 0.572. The third-order valence-corrected chi connectivity index (χ3v) is 2.08. The number of aryl methyl sites for hydroxylation is 1. The van der Waals surface area contributed by atoms with Crippen LogP contribution in [0.1, 0.15) is 17.0 Å². The van der Waals surface area contributed by atoms with Crippen molar-refractivity contribution in [3.05, 3.63) is 29.1 Å². The molecule has 0 aliphatic heterocycles. The number of alkyl halides is 1. The van der Waals surface area contributed by atoms with E-state index >= 15 is 0 Å². The monoisotopic (exact) mass is 258 g/mol. The molecule has 0 amide bonds. The zero-order valence-electron chi connectivity index (χ0n) is 6.13. The second-order valence-electron chi connectivity index (χ2n) is 2.19. The van der Waals surface area contributed by atoms with Gasteiger partial charge >= 0.3 is 0 Å². The lowest BCUT2D eigenvalue weighted by atomic mass is 10.2. The Kier molecular flexibility index (Phi) is 2.83. The molecule has 1 rings (SSSR count). The molecule has 3 heteroatoms. The fraction of sp³-hybridized carbons (Fsp3) is 0.250. The number of nitriles is 1. The first-order valence-corrected chi connectivity index (χ1v) is 4.73. The molecule has 11 heavy (non-hydrogen) atoms. The summed E-state index contributed by atoms with van der Waals surface area (Å²) in [5, 5.41) is 8.65. The van der Waals surface area contributed by atoms with Crippen molar-refractivity contribution in [3.8, 4) is 6.07 Å². The van der Waals surface area contributed by atoms with Crippen LogP contribution in [0.5, 0.6) is 0 Å². The Morgan fingerprint density at radius 1 is 1.64 bits per heavy atom. The molecular formula is C8H7IN2. The topological polar surface area (TPSA) is 36.7 Å². The van der Waals surface area contributed by atoms with Crippen LogP contribution in [-0.2, 0) is 4.43 Å². The minimum absolute atomic E-state index is 0.685. The summed E-state index contributed by atoms with van der Waals surface area (Å²) in [7, 11) is 0. The lowest BCUT2D eigenvalue weighted by Crippen LogP contribution is -1.92. The van der Waals surface area contributed by atoms with Crippen molar-refractivity contribution >= 4 is 22.6 Å². The SMILES string of the molecule is Cc1ccc(C#N)c(CI)n1. The van der Waals surface area contributed by atoms with Crippen molar-refractivity contribution in [3.63, 3.8) is 0 Å². The zero-order valence-corrected chi connectivity index (χ0v) is 8.29. The van der Waals surface area contributed by atoms with Crippen molar-refractivity contribution in [2.24, 2.45) is 0 Å². The molecule has 1 heterocycles. The molecule has 0 spiro atoms. The number of pyridine rings is 1. The van der Waals surface area contributed by atoms with E-state index in [-0.39, 0.29) is 0 Å². The van der Waals surface area contributed by atoms with Crippen molar-refractivity contribution in [2.45, 2.75) is 11.4 Å². The fourth-order valence-electron chi connectivity index (χ4n) is 0.814. The van der Waals surface area contributed by atoms with Gasteiger partial charge in [-0.25, -0.2) is 0 Å². The van der Waals surface area contributed by atoms with Gasteiger partial charge in [-0.3, -0.25) is 4.98 Å². The maximum atomic E-state index is 8.65. The van der Waals surface area contributed by atoms with E-state index in [0.29, 0.717) is 5.56 Å². The third kappa shape index (κ3) is 1.90. The molecule has 0 saturated carbocycles. The Morgan fingerprint density at radius 3 is 2.91 bits per heavy atom. The van der Waals surface area contributed by atoms with Gasteiger partial charge in [0.1, 0.15) is 6.07 Å². The molecule has 0 aliphatic rings. The summed E-state index contributed by atoms with van der Waals surface area (Å²) < 4.78 is 0.794. The van der Waals surface area contributed by atoms with Crippen LogP contribution in [0.15, 0.2) is 12.1 Å². The minimum atomic E-state index is 0.685. The van der Waals surface area contributed by atoms with E-state index in [9.17, 15) is 0 Å². The highest BCUT2D eigenvalue weighted by Gasteiger charge is 2.00. The number of aromatic nitrogens is 1. The summed E-state index contributed by atoms with van der Waals surface area (Å²) in [6, 6.07) is 5.78. The van der Waals surface area contributed by atoms with Gasteiger partial charge in [0.05, 0.1) is 11.3 Å². The van der Waals surface area contributed by atoms with Crippen LogP contribution in [0.4, 0.5) is 0 Å². The summed E-state index contributed by atoms with van der Waals surface area (Å²) in [5.74, 6) is 0. The normalized spacial score (nSPS) is 9.18. The Bertz CT molecular complexity index is 301. The van der Waals surface area contributed by atoms with Crippen LogP contribution in [0, 0.1) is 18.3 Å². The summed E-state index contributed by atoms with van der Waals surface area (Å²) in [5.41, 5.74) is 2.54. The van der Waals surface area contributed by atoms with Gasteiger partial charge in [-0.2, -0.15) is 5.26 Å². The van der Waals surface area contributed by atoms with Gasteiger partial charge in [-0.15, -0.1) is 0 Å². The molecule has 2 nitrogen and oxygen atoms in total. The summed E-state index contributed by atoms with van der Waals surface area (Å²) in [4.78, 5) is 4.23. The molecule has 0 aromatic carbocycles. The Hall–Kier alpha value is -0.630.